The molecular weight excluding hydrogens is 322 g/mol. The number of aromatic hydroxyl groups is 2. The zero-order valence-electron chi connectivity index (χ0n) is 15.7. The molecule has 1 aliphatic rings. The third kappa shape index (κ3) is 4.59. The molecule has 26 heavy (non-hydrogen) atoms. The van der Waals surface area contributed by atoms with E-state index in [1.165, 1.54) is 69.2 Å². The summed E-state index contributed by atoms with van der Waals surface area (Å²) in [5.74, 6) is 0.624. The molecule has 1 aliphatic heterocycles. The Morgan fingerprint density at radius 1 is 0.462 bits per heavy atom. The Morgan fingerprint density at radius 3 is 1.12 bits per heavy atom. The summed E-state index contributed by atoms with van der Waals surface area (Å²) in [5, 5.41) is 19.5. The Balaban J connectivity index is 1.97. The average molecular weight is 355 g/mol. The molecule has 1 fully saturated rings. The first-order valence-corrected chi connectivity index (χ1v) is 10.2. The third-order valence-electron chi connectivity index (χ3n) is 5.77. The first-order chi connectivity index (χ1) is 12.7. The van der Waals surface area contributed by atoms with Crippen LogP contribution in [0.2, 0.25) is 0 Å². The van der Waals surface area contributed by atoms with Crippen molar-refractivity contribution < 1.29 is 10.2 Å². The van der Waals surface area contributed by atoms with Gasteiger partial charge in [-0.15, -0.1) is 0 Å². The van der Waals surface area contributed by atoms with E-state index in [4.69, 9.17) is 0 Å². The molecular formula is C23H32NO2+. The summed E-state index contributed by atoms with van der Waals surface area (Å²) in [6, 6.07) is 15.4. The van der Waals surface area contributed by atoms with E-state index in [2.05, 4.69) is 24.3 Å². The largest absolute Gasteiger partial charge is 0.508 e. The van der Waals surface area contributed by atoms with E-state index < -0.39 is 0 Å². The predicted molar refractivity (Wildman–Crippen MR) is 109 cm³/mol. The smallest absolute Gasteiger partial charge is 0.138 e. The van der Waals surface area contributed by atoms with Gasteiger partial charge in [0.05, 0.1) is 13.1 Å². The molecule has 2 aromatic rings. The molecule has 3 nitrogen and oxygen atoms in total. The molecule has 0 amide bonds. The maximum atomic E-state index is 9.76. The molecule has 1 heterocycles. The van der Waals surface area contributed by atoms with Gasteiger partial charge in [-0.05, 0) is 49.9 Å². The normalized spacial score (nSPS) is 19.2. The van der Waals surface area contributed by atoms with Gasteiger partial charge in [0, 0.05) is 24.3 Å². The van der Waals surface area contributed by atoms with Crippen LogP contribution in [0.4, 0.5) is 11.4 Å². The minimum absolute atomic E-state index is 0.312. The lowest BCUT2D eigenvalue weighted by molar-refractivity contribution is 0.348. The Labute approximate surface area is 157 Å². The van der Waals surface area contributed by atoms with Crippen molar-refractivity contribution in [1.82, 2.24) is 4.48 Å². The fraction of sp³-hybridized carbons (Fsp3) is 0.478. The number of hydrogen-bond donors (Lipinski definition) is 2. The summed E-state index contributed by atoms with van der Waals surface area (Å²) >= 11 is 0. The lowest BCUT2D eigenvalue weighted by atomic mass is 10.0. The van der Waals surface area contributed by atoms with Gasteiger partial charge in [-0.2, -0.15) is 0 Å². The highest BCUT2D eigenvalue weighted by atomic mass is 16.3. The topological polar surface area (TPSA) is 40.5 Å². The summed E-state index contributed by atoms with van der Waals surface area (Å²) in [5.41, 5.74) is 2.45. The maximum Gasteiger partial charge on any atom is 0.138 e. The summed E-state index contributed by atoms with van der Waals surface area (Å²) < 4.78 is 0.806. The zero-order valence-corrected chi connectivity index (χ0v) is 15.7. The van der Waals surface area contributed by atoms with Gasteiger partial charge in [0.15, 0.2) is 0 Å². The number of phenolic OH excluding ortho intramolecular Hbond substituents is 2. The van der Waals surface area contributed by atoms with Gasteiger partial charge < -0.3 is 10.2 Å². The molecule has 0 aliphatic carbocycles. The van der Waals surface area contributed by atoms with Crippen LogP contribution in [0.1, 0.15) is 57.8 Å². The van der Waals surface area contributed by atoms with Crippen LogP contribution < -0.4 is 4.48 Å². The van der Waals surface area contributed by atoms with E-state index in [1.54, 1.807) is 24.3 Å². The van der Waals surface area contributed by atoms with Crippen molar-refractivity contribution >= 4 is 11.4 Å². The van der Waals surface area contributed by atoms with Gasteiger partial charge in [-0.25, -0.2) is 0 Å². The van der Waals surface area contributed by atoms with Crippen LogP contribution in [-0.4, -0.2) is 23.3 Å². The zero-order chi connectivity index (χ0) is 18.2. The summed E-state index contributed by atoms with van der Waals surface area (Å²) in [6.07, 6.45) is 11.7. The van der Waals surface area contributed by atoms with Crippen LogP contribution in [0, 0.1) is 0 Å². The SMILES string of the molecule is Oc1ccc([N+]2(c3ccc(O)cc3)CCCCCCCCCCC2)cc1. The van der Waals surface area contributed by atoms with E-state index >= 15 is 0 Å². The number of hydrogen-bond acceptors (Lipinski definition) is 2. The second-order valence-electron chi connectivity index (χ2n) is 7.63. The number of quaternary nitrogens is 1. The van der Waals surface area contributed by atoms with Crippen LogP contribution in [-0.2, 0) is 0 Å². The minimum atomic E-state index is 0.312. The summed E-state index contributed by atoms with van der Waals surface area (Å²) in [4.78, 5) is 0. The molecule has 0 radical (unpaired) electrons. The Kier molecular flexibility index (Phi) is 6.56. The van der Waals surface area contributed by atoms with Crippen molar-refractivity contribution in [3.05, 3.63) is 48.5 Å². The van der Waals surface area contributed by atoms with Crippen LogP contribution >= 0.6 is 0 Å². The number of nitrogens with zero attached hydrogens (tertiary/aromatic N) is 1. The highest BCUT2D eigenvalue weighted by Crippen LogP contribution is 2.38. The Bertz CT molecular complexity index is 604. The Morgan fingerprint density at radius 2 is 0.769 bits per heavy atom. The molecule has 140 valence electrons. The second-order valence-corrected chi connectivity index (χ2v) is 7.63. The first kappa shape index (κ1) is 18.8. The second kappa shape index (κ2) is 9.09. The van der Waals surface area contributed by atoms with Crippen molar-refractivity contribution in [2.75, 3.05) is 13.1 Å². The molecule has 2 aromatic carbocycles. The summed E-state index contributed by atoms with van der Waals surface area (Å²) in [6.45, 7) is 2.13. The molecule has 0 saturated carbocycles. The minimum Gasteiger partial charge on any atom is -0.508 e. The van der Waals surface area contributed by atoms with Crippen LogP contribution in [0.5, 0.6) is 11.5 Å². The fourth-order valence-corrected chi connectivity index (χ4v) is 4.25. The van der Waals surface area contributed by atoms with E-state index in [9.17, 15) is 10.2 Å². The van der Waals surface area contributed by atoms with Gasteiger partial charge >= 0.3 is 0 Å². The molecule has 0 spiro atoms. The average Bonchev–Trinajstić information content (AvgIpc) is 2.64. The van der Waals surface area contributed by atoms with Gasteiger partial charge in [-0.1, -0.05) is 32.1 Å². The van der Waals surface area contributed by atoms with Crippen LogP contribution in [0.15, 0.2) is 48.5 Å². The van der Waals surface area contributed by atoms with E-state index in [1.807, 2.05) is 0 Å². The fourth-order valence-electron chi connectivity index (χ4n) is 4.25. The standard InChI is InChI=1S/C23H31NO2/c25-22-14-10-20(11-15-22)24(21-12-16-23(26)17-13-21)18-8-6-4-2-1-3-5-7-9-19-24/h10-17H,1-9,18-19H2,(H-,25,26)/p+1. The molecule has 0 atom stereocenters. The van der Waals surface area contributed by atoms with E-state index in [-0.39, 0.29) is 0 Å². The lowest BCUT2D eigenvalue weighted by Crippen LogP contribution is -2.46. The van der Waals surface area contributed by atoms with Crippen LogP contribution in [0.25, 0.3) is 0 Å². The predicted octanol–water partition coefficient (Wildman–Crippen LogP) is 6.26. The Hall–Kier alpha value is -2.00. The monoisotopic (exact) mass is 354 g/mol. The summed E-state index contributed by atoms with van der Waals surface area (Å²) in [7, 11) is 0. The molecule has 2 N–H and O–H groups in total. The number of rotatable bonds is 2. The number of phenols is 2. The highest BCUT2D eigenvalue weighted by molar-refractivity contribution is 5.60. The van der Waals surface area contributed by atoms with Crippen molar-refractivity contribution in [3.8, 4) is 11.5 Å². The molecule has 1 saturated heterocycles. The van der Waals surface area contributed by atoms with Crippen molar-refractivity contribution in [2.45, 2.75) is 57.8 Å². The number of benzene rings is 2. The maximum absolute atomic E-state index is 9.76. The van der Waals surface area contributed by atoms with Gasteiger partial charge in [-0.3, -0.25) is 4.48 Å². The molecule has 0 unspecified atom stereocenters. The van der Waals surface area contributed by atoms with Crippen molar-refractivity contribution in [1.29, 1.82) is 0 Å². The van der Waals surface area contributed by atoms with Crippen molar-refractivity contribution in [2.24, 2.45) is 0 Å². The molecule has 0 aromatic heterocycles. The quantitative estimate of drug-likeness (QED) is 0.625. The van der Waals surface area contributed by atoms with Gasteiger partial charge in [0.2, 0.25) is 0 Å². The van der Waals surface area contributed by atoms with Gasteiger partial charge in [0.25, 0.3) is 0 Å². The van der Waals surface area contributed by atoms with Crippen molar-refractivity contribution in [3.63, 3.8) is 0 Å². The van der Waals surface area contributed by atoms with Crippen LogP contribution in [0.3, 0.4) is 0 Å². The third-order valence-corrected chi connectivity index (χ3v) is 5.77. The van der Waals surface area contributed by atoms with E-state index in [0.29, 0.717) is 11.5 Å². The first-order valence-electron chi connectivity index (χ1n) is 10.2. The molecule has 3 heteroatoms. The van der Waals surface area contributed by atoms with Gasteiger partial charge in [0.1, 0.15) is 22.9 Å². The lowest BCUT2D eigenvalue weighted by Gasteiger charge is -2.38. The molecule has 3 rings (SSSR count). The molecule has 0 bridgehead atoms. The highest BCUT2D eigenvalue weighted by Gasteiger charge is 2.32. The van der Waals surface area contributed by atoms with E-state index in [0.717, 1.165) is 17.6 Å².